The van der Waals surface area contributed by atoms with Crippen molar-refractivity contribution in [3.8, 4) is 11.3 Å². The van der Waals surface area contributed by atoms with Crippen molar-refractivity contribution in [2.75, 3.05) is 10.6 Å². The van der Waals surface area contributed by atoms with E-state index in [0.717, 1.165) is 5.56 Å². The van der Waals surface area contributed by atoms with Gasteiger partial charge in [-0.3, -0.25) is 5.10 Å². The van der Waals surface area contributed by atoms with Crippen LogP contribution in [-0.2, 0) is 5.41 Å². The zero-order valence-corrected chi connectivity index (χ0v) is 15.9. The highest BCUT2D eigenvalue weighted by Gasteiger charge is 2.18. The van der Waals surface area contributed by atoms with Crippen molar-refractivity contribution in [1.29, 1.82) is 0 Å². The lowest BCUT2D eigenvalue weighted by Gasteiger charge is -2.19. The van der Waals surface area contributed by atoms with Gasteiger partial charge in [-0.1, -0.05) is 57.2 Å². The fourth-order valence-corrected chi connectivity index (χ4v) is 2.75. The maximum Gasteiger partial charge on any atom is 0.323 e. The summed E-state index contributed by atoms with van der Waals surface area (Å²) in [5.74, 6) is -0.491. The van der Waals surface area contributed by atoms with Gasteiger partial charge >= 0.3 is 6.03 Å². The molecule has 3 rings (SSSR count). The number of carbonyl (C=O) groups is 1. The molecule has 3 N–H and O–H groups in total. The summed E-state index contributed by atoms with van der Waals surface area (Å²) in [5, 5.41) is 12.5. The number of aromatic nitrogens is 2. The largest absolute Gasteiger partial charge is 0.323 e. The van der Waals surface area contributed by atoms with Crippen LogP contribution < -0.4 is 10.6 Å². The number of urea groups is 1. The van der Waals surface area contributed by atoms with E-state index in [-0.39, 0.29) is 11.1 Å². The number of halogens is 1. The number of benzene rings is 2. The average Bonchev–Trinajstić information content (AvgIpc) is 2.97. The maximum absolute atomic E-state index is 13.7. The highest BCUT2D eigenvalue weighted by atomic mass is 19.1. The van der Waals surface area contributed by atoms with E-state index in [1.165, 1.54) is 17.7 Å². The molecule has 27 heavy (non-hydrogen) atoms. The molecule has 6 heteroatoms. The van der Waals surface area contributed by atoms with Gasteiger partial charge < -0.3 is 10.6 Å². The Morgan fingerprint density at radius 2 is 1.70 bits per heavy atom. The first-order chi connectivity index (χ1) is 12.8. The van der Waals surface area contributed by atoms with Crippen molar-refractivity contribution < 1.29 is 9.18 Å². The van der Waals surface area contributed by atoms with E-state index in [4.69, 9.17) is 0 Å². The van der Waals surface area contributed by atoms with Crippen LogP contribution in [0.1, 0.15) is 32.0 Å². The third-order valence-corrected chi connectivity index (χ3v) is 4.33. The topological polar surface area (TPSA) is 69.8 Å². The van der Waals surface area contributed by atoms with Crippen LogP contribution in [0.4, 0.5) is 20.6 Å². The molecule has 3 aromatic rings. The summed E-state index contributed by atoms with van der Waals surface area (Å²) in [7, 11) is 0. The van der Waals surface area contributed by atoms with Crippen molar-refractivity contribution in [1.82, 2.24) is 10.2 Å². The Morgan fingerprint density at radius 1 is 1.04 bits per heavy atom. The number of hydrogen-bond donors (Lipinski definition) is 3. The van der Waals surface area contributed by atoms with Crippen LogP contribution in [0.3, 0.4) is 0 Å². The zero-order chi connectivity index (χ0) is 19.6. The fraction of sp³-hybridized carbons (Fsp3) is 0.238. The van der Waals surface area contributed by atoms with E-state index in [2.05, 4.69) is 53.7 Å². The van der Waals surface area contributed by atoms with Gasteiger partial charge in [-0.05, 0) is 30.0 Å². The highest BCUT2D eigenvalue weighted by molar-refractivity contribution is 6.02. The van der Waals surface area contributed by atoms with Crippen molar-refractivity contribution in [2.24, 2.45) is 0 Å². The van der Waals surface area contributed by atoms with Crippen molar-refractivity contribution in [2.45, 2.75) is 33.1 Å². The number of amides is 2. The lowest BCUT2D eigenvalue weighted by molar-refractivity contribution is 0.262. The van der Waals surface area contributed by atoms with Crippen LogP contribution >= 0.6 is 0 Å². The second-order valence-corrected chi connectivity index (χ2v) is 7.46. The lowest BCUT2D eigenvalue weighted by Crippen LogP contribution is -2.20. The van der Waals surface area contributed by atoms with E-state index in [0.29, 0.717) is 17.1 Å². The van der Waals surface area contributed by atoms with Gasteiger partial charge in [0.25, 0.3) is 0 Å². The number of anilines is 2. The number of aryl methyl sites for hydroxylation is 1. The molecule has 0 radical (unpaired) electrons. The summed E-state index contributed by atoms with van der Waals surface area (Å²) in [5.41, 5.74) is 4.18. The maximum atomic E-state index is 13.7. The third kappa shape index (κ3) is 4.16. The molecular formula is C21H23FN4O. The summed E-state index contributed by atoms with van der Waals surface area (Å²) >= 11 is 0. The minimum absolute atomic E-state index is 0.0563. The van der Waals surface area contributed by atoms with Crippen molar-refractivity contribution in [3.63, 3.8) is 0 Å². The number of nitrogens with zero attached hydrogens (tertiary/aromatic N) is 1. The second-order valence-electron chi connectivity index (χ2n) is 7.46. The van der Waals surface area contributed by atoms with Gasteiger partial charge in [0, 0.05) is 5.56 Å². The number of hydrogen-bond acceptors (Lipinski definition) is 2. The first-order valence-electron chi connectivity index (χ1n) is 8.74. The molecule has 2 aromatic carbocycles. The average molecular weight is 366 g/mol. The van der Waals surface area contributed by atoms with Crippen LogP contribution in [0.5, 0.6) is 0 Å². The van der Waals surface area contributed by atoms with Crippen LogP contribution in [0.2, 0.25) is 0 Å². The number of H-pyrrole nitrogens is 1. The van der Waals surface area contributed by atoms with Crippen molar-refractivity contribution >= 4 is 17.4 Å². The third-order valence-electron chi connectivity index (χ3n) is 4.33. The molecule has 0 bridgehead atoms. The van der Waals surface area contributed by atoms with Gasteiger partial charge in [0.15, 0.2) is 0 Å². The summed E-state index contributed by atoms with van der Waals surface area (Å²) in [6.45, 7) is 8.28. The molecule has 0 saturated heterocycles. The molecule has 0 aliphatic heterocycles. The molecule has 5 nitrogen and oxygen atoms in total. The molecule has 0 unspecified atom stereocenters. The Balaban J connectivity index is 1.82. The van der Waals surface area contributed by atoms with Gasteiger partial charge in [0.1, 0.15) is 11.5 Å². The molecule has 0 atom stereocenters. The molecule has 1 heterocycles. The summed E-state index contributed by atoms with van der Waals surface area (Å²) in [6.07, 6.45) is 0. The first kappa shape index (κ1) is 18.6. The van der Waals surface area contributed by atoms with Crippen LogP contribution in [0.25, 0.3) is 11.3 Å². The Hall–Kier alpha value is -3.15. The van der Waals surface area contributed by atoms with Crippen LogP contribution in [-0.4, -0.2) is 16.2 Å². The summed E-state index contributed by atoms with van der Waals surface area (Å²) in [6, 6.07) is 13.6. The molecule has 2 amide bonds. The summed E-state index contributed by atoms with van der Waals surface area (Å²) < 4.78 is 13.7. The number of carbonyl (C=O) groups excluding carboxylic acids is 1. The number of rotatable bonds is 3. The lowest BCUT2D eigenvalue weighted by atomic mass is 9.86. The second kappa shape index (κ2) is 7.23. The molecule has 0 aliphatic carbocycles. The predicted molar refractivity (Wildman–Crippen MR) is 107 cm³/mol. The molecule has 0 fully saturated rings. The first-order valence-corrected chi connectivity index (χ1v) is 8.74. The molecule has 0 saturated carbocycles. The zero-order valence-electron chi connectivity index (χ0n) is 15.9. The van der Waals surface area contributed by atoms with Crippen LogP contribution in [0, 0.1) is 12.7 Å². The van der Waals surface area contributed by atoms with E-state index in [9.17, 15) is 9.18 Å². The Bertz CT molecular complexity index is 955. The normalized spacial score (nSPS) is 11.3. The quantitative estimate of drug-likeness (QED) is 0.575. The summed E-state index contributed by atoms with van der Waals surface area (Å²) in [4.78, 5) is 12.3. The van der Waals surface area contributed by atoms with E-state index in [1.54, 1.807) is 12.1 Å². The fourth-order valence-electron chi connectivity index (χ4n) is 2.75. The minimum atomic E-state index is -0.530. The SMILES string of the molecule is Cc1[nH]nc(-c2ccc(C(C)(C)C)cc2)c1NC(=O)Nc1ccccc1F. The Kier molecular flexibility index (Phi) is 4.99. The van der Waals surface area contributed by atoms with Gasteiger partial charge in [0.05, 0.1) is 17.1 Å². The number of para-hydroxylation sites is 1. The Labute approximate surface area is 158 Å². The minimum Gasteiger partial charge on any atom is -0.305 e. The van der Waals surface area contributed by atoms with E-state index < -0.39 is 11.8 Å². The van der Waals surface area contributed by atoms with Gasteiger partial charge in [-0.15, -0.1) is 0 Å². The number of aromatic amines is 1. The Morgan fingerprint density at radius 3 is 2.33 bits per heavy atom. The van der Waals surface area contributed by atoms with Crippen molar-refractivity contribution in [3.05, 3.63) is 65.6 Å². The molecule has 140 valence electrons. The molecular weight excluding hydrogens is 343 g/mol. The van der Waals surface area contributed by atoms with E-state index in [1.807, 2.05) is 19.1 Å². The molecule has 1 aromatic heterocycles. The smallest absolute Gasteiger partial charge is 0.305 e. The standard InChI is InChI=1S/C21H23FN4O/c1-13-18(24-20(27)23-17-8-6-5-7-16(17)22)19(26-25-13)14-9-11-15(12-10-14)21(2,3)4/h5-12H,1-4H3,(H,25,26)(H2,23,24,27). The predicted octanol–water partition coefficient (Wildman–Crippen LogP) is 5.47. The van der Waals surface area contributed by atoms with Gasteiger partial charge in [-0.25, -0.2) is 9.18 Å². The highest BCUT2D eigenvalue weighted by Crippen LogP contribution is 2.31. The van der Waals surface area contributed by atoms with E-state index >= 15 is 0 Å². The number of nitrogens with one attached hydrogen (secondary N) is 3. The monoisotopic (exact) mass is 366 g/mol. The van der Waals surface area contributed by atoms with Gasteiger partial charge in [-0.2, -0.15) is 5.10 Å². The molecule has 0 spiro atoms. The molecule has 0 aliphatic rings. The van der Waals surface area contributed by atoms with Crippen LogP contribution in [0.15, 0.2) is 48.5 Å². The van der Waals surface area contributed by atoms with Gasteiger partial charge in [0.2, 0.25) is 0 Å².